The van der Waals surface area contributed by atoms with Gasteiger partial charge in [0.2, 0.25) is 5.95 Å². The molecule has 1 saturated heterocycles. The average Bonchev–Trinajstić information content (AvgIpc) is 3.06. The van der Waals surface area contributed by atoms with Gasteiger partial charge in [-0.2, -0.15) is 5.26 Å². The Kier molecular flexibility index (Phi) is 10.5. The molecule has 5 rings (SSSR count). The van der Waals surface area contributed by atoms with Gasteiger partial charge in [-0.05, 0) is 66.9 Å². The van der Waals surface area contributed by atoms with Crippen LogP contribution in [0.5, 0.6) is 5.75 Å². The van der Waals surface area contributed by atoms with Crippen molar-refractivity contribution in [2.75, 3.05) is 29.9 Å². The second kappa shape index (κ2) is 14.5. The fraction of sp³-hybridized carbons (Fsp3) is 0.219. The van der Waals surface area contributed by atoms with Crippen LogP contribution in [0.2, 0.25) is 0 Å². The molecule has 5 N–H and O–H groups in total. The largest absolute Gasteiger partial charge is 0.484 e. The third-order valence-corrected chi connectivity index (χ3v) is 7.42. The summed E-state index contributed by atoms with van der Waals surface area (Å²) in [4.78, 5) is 44.8. The third kappa shape index (κ3) is 7.47. The molecule has 45 heavy (non-hydrogen) atoms. The molecule has 1 aliphatic heterocycles. The number of piperidine rings is 1. The molecule has 0 saturated carbocycles. The topological polar surface area (TPSA) is 176 Å². The molecule has 0 aliphatic carbocycles. The molecule has 3 aromatic carbocycles. The van der Waals surface area contributed by atoms with Gasteiger partial charge < -0.3 is 20.7 Å². The summed E-state index contributed by atoms with van der Waals surface area (Å²) in [5, 5.41) is 20.7. The molecule has 0 spiro atoms. The number of nitrogens with zero attached hydrogens (tertiary/aromatic N) is 4. The van der Waals surface area contributed by atoms with E-state index in [-0.39, 0.29) is 36.2 Å². The van der Waals surface area contributed by atoms with Gasteiger partial charge in [0.25, 0.3) is 17.4 Å². The van der Waals surface area contributed by atoms with Gasteiger partial charge in [-0.3, -0.25) is 24.2 Å². The van der Waals surface area contributed by atoms with Gasteiger partial charge in [-0.1, -0.05) is 24.3 Å². The molecule has 0 atom stereocenters. The first kappa shape index (κ1) is 32.7. The first-order valence-corrected chi connectivity index (χ1v) is 14.0. The standard InChI is InChI=1S/C32H31N7O5.ClH/c1-38-31(42)28(29(22-4-2-20(18-33)3-5-22)36-32(38)39-16-14-24(34)15-17-39)21-8-12-26(13-9-21)44-19-27(40)35-25-10-6-23(7-11-25)30(41)37-43;/h2-13,24,43H,14-17,19,34H2,1H3,(H,35,40)(H,37,41);1H. The number of aromatic nitrogens is 2. The van der Waals surface area contributed by atoms with Crippen LogP contribution < -0.4 is 31.7 Å². The number of carbonyl (C=O) groups excluding carboxylic acids is 2. The Balaban J connectivity index is 0.00000461. The number of carbonyl (C=O) groups is 2. The Morgan fingerprint density at radius 3 is 2.24 bits per heavy atom. The Labute approximate surface area is 265 Å². The van der Waals surface area contributed by atoms with Gasteiger partial charge in [0.05, 0.1) is 22.9 Å². The zero-order chi connectivity index (χ0) is 31.2. The quantitative estimate of drug-likeness (QED) is 0.168. The van der Waals surface area contributed by atoms with Crippen LogP contribution in [-0.4, -0.2) is 52.3 Å². The van der Waals surface area contributed by atoms with Gasteiger partial charge in [0.15, 0.2) is 6.61 Å². The minimum absolute atomic E-state index is 0. The summed E-state index contributed by atoms with van der Waals surface area (Å²) in [6, 6.07) is 22.0. The highest BCUT2D eigenvalue weighted by Crippen LogP contribution is 2.31. The van der Waals surface area contributed by atoms with E-state index < -0.39 is 11.8 Å². The number of halogens is 1. The maximum Gasteiger partial charge on any atom is 0.274 e. The number of amides is 2. The van der Waals surface area contributed by atoms with E-state index in [1.54, 1.807) is 65.6 Å². The van der Waals surface area contributed by atoms with Crippen LogP contribution in [0.15, 0.2) is 77.6 Å². The van der Waals surface area contributed by atoms with Crippen molar-refractivity contribution in [3.63, 3.8) is 0 Å². The summed E-state index contributed by atoms with van der Waals surface area (Å²) in [6.45, 7) is 1.12. The highest BCUT2D eigenvalue weighted by Gasteiger charge is 2.24. The summed E-state index contributed by atoms with van der Waals surface area (Å²) in [6.07, 6.45) is 1.61. The summed E-state index contributed by atoms with van der Waals surface area (Å²) in [5.74, 6) is -0.0912. The molecule has 2 amide bonds. The fourth-order valence-electron chi connectivity index (χ4n) is 4.98. The van der Waals surface area contributed by atoms with Crippen LogP contribution in [0.4, 0.5) is 11.6 Å². The summed E-state index contributed by atoms with van der Waals surface area (Å²) < 4.78 is 7.21. The Bertz CT molecular complexity index is 1760. The molecule has 232 valence electrons. The molecular formula is C32H32ClN7O5. The lowest BCUT2D eigenvalue weighted by Crippen LogP contribution is -2.42. The number of rotatable bonds is 8. The maximum absolute atomic E-state index is 13.9. The lowest BCUT2D eigenvalue weighted by atomic mass is 9.99. The first-order chi connectivity index (χ1) is 21.3. The van der Waals surface area contributed by atoms with E-state index in [2.05, 4.69) is 16.3 Å². The van der Waals surface area contributed by atoms with Crippen LogP contribution in [0.1, 0.15) is 28.8 Å². The Morgan fingerprint density at radius 2 is 1.64 bits per heavy atom. The smallest absolute Gasteiger partial charge is 0.274 e. The Hall–Kier alpha value is -5.22. The fourth-order valence-corrected chi connectivity index (χ4v) is 4.98. The molecule has 1 aliphatic rings. The van der Waals surface area contributed by atoms with Crippen LogP contribution in [0.3, 0.4) is 0 Å². The van der Waals surface area contributed by atoms with Gasteiger partial charge >= 0.3 is 0 Å². The average molecular weight is 630 g/mol. The molecule has 0 bridgehead atoms. The van der Waals surface area contributed by atoms with E-state index >= 15 is 0 Å². The molecular weight excluding hydrogens is 598 g/mol. The number of nitrogens with two attached hydrogens (primary N) is 1. The molecule has 1 aromatic heterocycles. The molecule has 0 radical (unpaired) electrons. The van der Waals surface area contributed by atoms with Crippen molar-refractivity contribution in [1.29, 1.82) is 5.26 Å². The van der Waals surface area contributed by atoms with E-state index in [9.17, 15) is 19.6 Å². The summed E-state index contributed by atoms with van der Waals surface area (Å²) in [7, 11) is 1.70. The lowest BCUT2D eigenvalue weighted by molar-refractivity contribution is -0.118. The van der Waals surface area contributed by atoms with Crippen molar-refractivity contribution < 1.29 is 19.5 Å². The number of benzene rings is 3. The molecule has 2 heterocycles. The van der Waals surface area contributed by atoms with E-state index in [1.807, 2.05) is 0 Å². The second-order valence-corrected chi connectivity index (χ2v) is 10.4. The van der Waals surface area contributed by atoms with Crippen molar-refractivity contribution in [2.24, 2.45) is 12.8 Å². The molecule has 13 heteroatoms. The maximum atomic E-state index is 13.9. The number of nitriles is 1. The minimum Gasteiger partial charge on any atom is -0.484 e. The van der Waals surface area contributed by atoms with E-state index in [0.717, 1.165) is 12.8 Å². The summed E-state index contributed by atoms with van der Waals surface area (Å²) >= 11 is 0. The Morgan fingerprint density at radius 1 is 1.02 bits per heavy atom. The summed E-state index contributed by atoms with van der Waals surface area (Å²) in [5.41, 5.74) is 10.8. The van der Waals surface area contributed by atoms with Crippen molar-refractivity contribution in [3.8, 4) is 34.2 Å². The van der Waals surface area contributed by atoms with E-state index in [0.29, 0.717) is 58.4 Å². The third-order valence-electron chi connectivity index (χ3n) is 7.42. The van der Waals surface area contributed by atoms with Crippen molar-refractivity contribution in [2.45, 2.75) is 18.9 Å². The SMILES string of the molecule is Cl.Cn1c(N2CCC(N)CC2)nc(-c2ccc(C#N)cc2)c(-c2ccc(OCC(=O)Nc3ccc(C(=O)NO)cc3)cc2)c1=O. The van der Waals surface area contributed by atoms with E-state index in [1.165, 1.54) is 24.3 Å². The highest BCUT2D eigenvalue weighted by molar-refractivity contribution is 5.95. The number of nitrogens with one attached hydrogen (secondary N) is 2. The predicted octanol–water partition coefficient (Wildman–Crippen LogP) is 3.47. The molecule has 0 unspecified atom stereocenters. The van der Waals surface area contributed by atoms with Crippen molar-refractivity contribution in [1.82, 2.24) is 15.0 Å². The van der Waals surface area contributed by atoms with Crippen LogP contribution in [0, 0.1) is 11.3 Å². The van der Waals surface area contributed by atoms with Crippen LogP contribution in [-0.2, 0) is 11.8 Å². The number of hydrogen-bond donors (Lipinski definition) is 4. The predicted molar refractivity (Wildman–Crippen MR) is 172 cm³/mol. The van der Waals surface area contributed by atoms with Crippen molar-refractivity contribution >= 4 is 35.9 Å². The highest BCUT2D eigenvalue weighted by atomic mass is 35.5. The number of hydroxylamine groups is 1. The molecule has 4 aromatic rings. The van der Waals surface area contributed by atoms with Gasteiger partial charge in [-0.15, -0.1) is 12.4 Å². The van der Waals surface area contributed by atoms with Gasteiger partial charge in [-0.25, -0.2) is 10.5 Å². The minimum atomic E-state index is -0.657. The number of anilines is 2. The van der Waals surface area contributed by atoms with Gasteiger partial charge in [0, 0.05) is 43.0 Å². The number of hydrogen-bond acceptors (Lipinski definition) is 9. The zero-order valence-electron chi connectivity index (χ0n) is 24.4. The molecule has 12 nitrogen and oxygen atoms in total. The van der Waals surface area contributed by atoms with Crippen molar-refractivity contribution in [3.05, 3.63) is 94.3 Å². The van der Waals surface area contributed by atoms with E-state index in [4.69, 9.17) is 20.7 Å². The molecule has 1 fully saturated rings. The normalized spacial score (nSPS) is 12.9. The lowest BCUT2D eigenvalue weighted by Gasteiger charge is -2.32. The first-order valence-electron chi connectivity index (χ1n) is 14.0. The van der Waals surface area contributed by atoms with Crippen LogP contribution >= 0.6 is 12.4 Å². The zero-order valence-corrected chi connectivity index (χ0v) is 25.2. The van der Waals surface area contributed by atoms with Gasteiger partial charge in [0.1, 0.15) is 5.75 Å². The monoisotopic (exact) mass is 629 g/mol. The second-order valence-electron chi connectivity index (χ2n) is 10.4. The number of ether oxygens (including phenoxy) is 1. The van der Waals surface area contributed by atoms with Crippen LogP contribution in [0.25, 0.3) is 22.4 Å².